The molecular formula is C14H26N2O. The van der Waals surface area contributed by atoms with Gasteiger partial charge in [0, 0.05) is 12.6 Å². The second kappa shape index (κ2) is 5.85. The molecule has 1 N–H and O–H groups in total. The standard InChI is InChI=1S/C14H26N2O/c1-3-12-8-4-5-10-16(12)14(17)13-11(2)7-6-9-15-13/h11-13,15H,3-10H2,1-2H3. The molecule has 2 aliphatic heterocycles. The van der Waals surface area contributed by atoms with Gasteiger partial charge in [-0.1, -0.05) is 13.8 Å². The van der Waals surface area contributed by atoms with E-state index in [2.05, 4.69) is 24.1 Å². The van der Waals surface area contributed by atoms with E-state index in [4.69, 9.17) is 0 Å². The number of nitrogens with one attached hydrogen (secondary N) is 1. The van der Waals surface area contributed by atoms with E-state index in [1.54, 1.807) is 0 Å². The smallest absolute Gasteiger partial charge is 0.240 e. The van der Waals surface area contributed by atoms with Crippen molar-refractivity contribution in [3.63, 3.8) is 0 Å². The van der Waals surface area contributed by atoms with E-state index >= 15 is 0 Å². The molecule has 0 aromatic heterocycles. The third kappa shape index (κ3) is 2.82. The van der Waals surface area contributed by atoms with Crippen LogP contribution in [-0.4, -0.2) is 36.0 Å². The van der Waals surface area contributed by atoms with Gasteiger partial charge in [0.2, 0.25) is 5.91 Å². The van der Waals surface area contributed by atoms with Crippen LogP contribution >= 0.6 is 0 Å². The van der Waals surface area contributed by atoms with Crippen LogP contribution in [0.2, 0.25) is 0 Å². The van der Waals surface area contributed by atoms with Crippen LogP contribution in [0.4, 0.5) is 0 Å². The van der Waals surface area contributed by atoms with E-state index in [1.165, 1.54) is 32.1 Å². The Balaban J connectivity index is 2.01. The molecule has 0 aromatic carbocycles. The highest BCUT2D eigenvalue weighted by Crippen LogP contribution is 2.24. The molecule has 98 valence electrons. The van der Waals surface area contributed by atoms with Crippen molar-refractivity contribution in [3.8, 4) is 0 Å². The van der Waals surface area contributed by atoms with Crippen LogP contribution in [0.15, 0.2) is 0 Å². The average molecular weight is 238 g/mol. The Morgan fingerprint density at radius 2 is 2.12 bits per heavy atom. The monoisotopic (exact) mass is 238 g/mol. The van der Waals surface area contributed by atoms with Crippen molar-refractivity contribution < 1.29 is 4.79 Å². The summed E-state index contributed by atoms with van der Waals surface area (Å²) in [6.45, 7) is 6.39. The normalized spacial score (nSPS) is 34.7. The Morgan fingerprint density at radius 1 is 1.29 bits per heavy atom. The summed E-state index contributed by atoms with van der Waals surface area (Å²) in [5, 5.41) is 3.42. The Hall–Kier alpha value is -0.570. The van der Waals surface area contributed by atoms with Gasteiger partial charge >= 0.3 is 0 Å². The van der Waals surface area contributed by atoms with Crippen LogP contribution in [0.3, 0.4) is 0 Å². The molecule has 0 spiro atoms. The van der Waals surface area contributed by atoms with Crippen molar-refractivity contribution in [2.24, 2.45) is 5.92 Å². The summed E-state index contributed by atoms with van der Waals surface area (Å²) in [7, 11) is 0. The van der Waals surface area contributed by atoms with Gasteiger partial charge in [-0.25, -0.2) is 0 Å². The molecule has 2 heterocycles. The molecule has 3 nitrogen and oxygen atoms in total. The predicted octanol–water partition coefficient (Wildman–Crippen LogP) is 2.17. The molecule has 3 unspecified atom stereocenters. The molecule has 0 radical (unpaired) electrons. The lowest BCUT2D eigenvalue weighted by Crippen LogP contribution is -2.55. The highest BCUT2D eigenvalue weighted by atomic mass is 16.2. The van der Waals surface area contributed by atoms with Crippen molar-refractivity contribution in [1.82, 2.24) is 10.2 Å². The first kappa shape index (κ1) is 12.9. The number of hydrogen-bond acceptors (Lipinski definition) is 2. The van der Waals surface area contributed by atoms with Crippen LogP contribution in [0.5, 0.6) is 0 Å². The summed E-state index contributed by atoms with van der Waals surface area (Å²) in [6.07, 6.45) is 7.17. The topological polar surface area (TPSA) is 32.3 Å². The zero-order chi connectivity index (χ0) is 12.3. The van der Waals surface area contributed by atoms with E-state index in [0.717, 1.165) is 19.5 Å². The lowest BCUT2D eigenvalue weighted by atomic mass is 9.90. The van der Waals surface area contributed by atoms with Crippen LogP contribution in [0, 0.1) is 5.92 Å². The molecule has 3 atom stereocenters. The Kier molecular flexibility index (Phi) is 4.43. The molecule has 2 aliphatic rings. The number of nitrogens with zero attached hydrogens (tertiary/aromatic N) is 1. The third-order valence-electron chi connectivity index (χ3n) is 4.42. The van der Waals surface area contributed by atoms with Gasteiger partial charge in [-0.05, 0) is 51.0 Å². The summed E-state index contributed by atoms with van der Waals surface area (Å²) in [6, 6.07) is 0.572. The zero-order valence-electron chi connectivity index (χ0n) is 11.2. The number of carbonyl (C=O) groups excluding carboxylic acids is 1. The lowest BCUT2D eigenvalue weighted by molar-refractivity contribution is -0.139. The largest absolute Gasteiger partial charge is 0.338 e. The summed E-state index contributed by atoms with van der Waals surface area (Å²) in [4.78, 5) is 14.8. The second-order valence-corrected chi connectivity index (χ2v) is 5.64. The van der Waals surface area contributed by atoms with E-state index in [0.29, 0.717) is 17.9 Å². The summed E-state index contributed by atoms with van der Waals surface area (Å²) < 4.78 is 0. The van der Waals surface area contributed by atoms with Gasteiger partial charge in [0.15, 0.2) is 0 Å². The number of amides is 1. The Morgan fingerprint density at radius 3 is 2.82 bits per heavy atom. The van der Waals surface area contributed by atoms with E-state index in [9.17, 15) is 4.79 Å². The van der Waals surface area contributed by atoms with Crippen LogP contribution in [0.1, 0.15) is 52.4 Å². The van der Waals surface area contributed by atoms with Crippen LogP contribution in [0.25, 0.3) is 0 Å². The number of rotatable bonds is 2. The average Bonchev–Trinajstić information content (AvgIpc) is 2.38. The predicted molar refractivity (Wildman–Crippen MR) is 69.8 cm³/mol. The molecule has 0 aromatic rings. The van der Waals surface area contributed by atoms with Crippen LogP contribution < -0.4 is 5.32 Å². The van der Waals surface area contributed by atoms with Gasteiger partial charge in [-0.3, -0.25) is 4.79 Å². The fraction of sp³-hybridized carbons (Fsp3) is 0.929. The summed E-state index contributed by atoms with van der Waals surface area (Å²) in [5.41, 5.74) is 0. The van der Waals surface area contributed by atoms with Gasteiger partial charge < -0.3 is 10.2 Å². The maximum absolute atomic E-state index is 12.6. The van der Waals surface area contributed by atoms with Gasteiger partial charge in [0.05, 0.1) is 6.04 Å². The summed E-state index contributed by atoms with van der Waals surface area (Å²) >= 11 is 0. The van der Waals surface area contributed by atoms with E-state index in [-0.39, 0.29) is 6.04 Å². The first-order chi connectivity index (χ1) is 8.24. The molecular weight excluding hydrogens is 212 g/mol. The minimum absolute atomic E-state index is 0.0795. The van der Waals surface area contributed by atoms with E-state index < -0.39 is 0 Å². The van der Waals surface area contributed by atoms with Crippen molar-refractivity contribution in [2.45, 2.75) is 64.5 Å². The molecule has 17 heavy (non-hydrogen) atoms. The molecule has 3 heteroatoms. The molecule has 2 saturated heterocycles. The number of hydrogen-bond donors (Lipinski definition) is 1. The molecule has 1 amide bonds. The van der Waals surface area contributed by atoms with Gasteiger partial charge in [-0.2, -0.15) is 0 Å². The van der Waals surface area contributed by atoms with Gasteiger partial charge in [0.1, 0.15) is 0 Å². The lowest BCUT2D eigenvalue weighted by Gasteiger charge is -2.40. The van der Waals surface area contributed by atoms with Crippen molar-refractivity contribution in [3.05, 3.63) is 0 Å². The molecule has 2 rings (SSSR count). The number of piperidine rings is 2. The Labute approximate surface area is 105 Å². The molecule has 2 fully saturated rings. The minimum atomic E-state index is 0.0795. The van der Waals surface area contributed by atoms with Crippen LogP contribution in [-0.2, 0) is 4.79 Å². The van der Waals surface area contributed by atoms with Gasteiger partial charge in [-0.15, -0.1) is 0 Å². The van der Waals surface area contributed by atoms with E-state index in [1.807, 2.05) is 0 Å². The zero-order valence-corrected chi connectivity index (χ0v) is 11.2. The summed E-state index contributed by atoms with van der Waals surface area (Å²) in [5.74, 6) is 0.861. The molecule has 0 saturated carbocycles. The maximum Gasteiger partial charge on any atom is 0.240 e. The second-order valence-electron chi connectivity index (χ2n) is 5.64. The quantitative estimate of drug-likeness (QED) is 0.799. The number of carbonyl (C=O) groups is 1. The first-order valence-corrected chi connectivity index (χ1v) is 7.28. The highest BCUT2D eigenvalue weighted by Gasteiger charge is 2.34. The third-order valence-corrected chi connectivity index (χ3v) is 4.42. The van der Waals surface area contributed by atoms with Crippen molar-refractivity contribution in [2.75, 3.05) is 13.1 Å². The van der Waals surface area contributed by atoms with Crippen molar-refractivity contribution in [1.29, 1.82) is 0 Å². The fourth-order valence-corrected chi connectivity index (χ4v) is 3.27. The minimum Gasteiger partial charge on any atom is -0.338 e. The first-order valence-electron chi connectivity index (χ1n) is 7.28. The molecule has 0 bridgehead atoms. The highest BCUT2D eigenvalue weighted by molar-refractivity contribution is 5.82. The number of likely N-dealkylation sites (tertiary alicyclic amines) is 1. The molecule has 0 aliphatic carbocycles. The maximum atomic E-state index is 12.6. The van der Waals surface area contributed by atoms with Gasteiger partial charge in [0.25, 0.3) is 0 Å². The van der Waals surface area contributed by atoms with Crippen molar-refractivity contribution >= 4 is 5.91 Å². The Bertz CT molecular complexity index is 267. The SMILES string of the molecule is CCC1CCCCN1C(=O)C1NCCCC1C. The fourth-order valence-electron chi connectivity index (χ4n) is 3.27.